The van der Waals surface area contributed by atoms with Crippen molar-refractivity contribution in [3.8, 4) is 11.3 Å². The number of aryl methyl sites for hydroxylation is 1. The first-order valence-corrected chi connectivity index (χ1v) is 7.19. The van der Waals surface area contributed by atoms with Gasteiger partial charge >= 0.3 is 0 Å². The summed E-state index contributed by atoms with van der Waals surface area (Å²) in [7, 11) is 0. The Morgan fingerprint density at radius 2 is 1.76 bits per heavy atom. The maximum absolute atomic E-state index is 12.2. The highest BCUT2D eigenvalue weighted by molar-refractivity contribution is 6.08. The van der Waals surface area contributed by atoms with E-state index in [1.165, 1.54) is 5.56 Å². The Labute approximate surface area is 124 Å². The van der Waals surface area contributed by atoms with Crippen LogP contribution in [0, 0.1) is 6.92 Å². The summed E-state index contributed by atoms with van der Waals surface area (Å²) in [5.74, 6) is 0.155. The highest BCUT2D eigenvalue weighted by atomic mass is 16.1. The molecule has 0 aliphatic heterocycles. The van der Waals surface area contributed by atoms with E-state index in [0.29, 0.717) is 6.42 Å². The van der Waals surface area contributed by atoms with Crippen LogP contribution in [0.5, 0.6) is 0 Å². The smallest absolute Gasteiger partial charge is 0.163 e. The van der Waals surface area contributed by atoms with Gasteiger partial charge in [0.05, 0.1) is 11.2 Å². The maximum Gasteiger partial charge on any atom is 0.163 e. The minimum atomic E-state index is 0.155. The molecule has 0 bridgehead atoms. The van der Waals surface area contributed by atoms with Gasteiger partial charge in [0.2, 0.25) is 0 Å². The Morgan fingerprint density at radius 1 is 1.05 bits per heavy atom. The van der Waals surface area contributed by atoms with E-state index < -0.39 is 0 Å². The van der Waals surface area contributed by atoms with Gasteiger partial charge in [-0.15, -0.1) is 0 Å². The molecule has 0 aliphatic rings. The lowest BCUT2D eigenvalue weighted by atomic mass is 10.00. The molecule has 0 spiro atoms. The zero-order valence-corrected chi connectivity index (χ0v) is 12.3. The summed E-state index contributed by atoms with van der Waals surface area (Å²) in [6.07, 6.45) is 0.501. The highest BCUT2D eigenvalue weighted by Gasteiger charge is 2.12. The second-order valence-corrected chi connectivity index (χ2v) is 5.21. The van der Waals surface area contributed by atoms with Crippen LogP contribution in [0.3, 0.4) is 0 Å². The Morgan fingerprint density at radius 3 is 2.48 bits per heavy atom. The van der Waals surface area contributed by atoms with Crippen molar-refractivity contribution in [2.45, 2.75) is 20.3 Å². The Balaban J connectivity index is 2.25. The van der Waals surface area contributed by atoms with Gasteiger partial charge in [0.15, 0.2) is 5.78 Å². The van der Waals surface area contributed by atoms with E-state index in [1.54, 1.807) is 0 Å². The van der Waals surface area contributed by atoms with Gasteiger partial charge in [-0.1, -0.05) is 55.0 Å². The molecule has 21 heavy (non-hydrogen) atoms. The predicted molar refractivity (Wildman–Crippen MR) is 86.5 cm³/mol. The average molecular weight is 275 g/mol. The van der Waals surface area contributed by atoms with Crippen molar-refractivity contribution < 1.29 is 4.79 Å². The van der Waals surface area contributed by atoms with Crippen molar-refractivity contribution in [2.24, 2.45) is 0 Å². The van der Waals surface area contributed by atoms with E-state index in [1.807, 2.05) is 49.4 Å². The van der Waals surface area contributed by atoms with E-state index in [4.69, 9.17) is 4.98 Å². The number of ketones is 1. The number of para-hydroxylation sites is 1. The summed E-state index contributed by atoms with van der Waals surface area (Å²) in [5, 5.41) is 0.931. The molecule has 0 saturated carbocycles. The molecular weight excluding hydrogens is 258 g/mol. The lowest BCUT2D eigenvalue weighted by Crippen LogP contribution is -2.00. The largest absolute Gasteiger partial charge is 0.294 e. The maximum atomic E-state index is 12.2. The van der Waals surface area contributed by atoms with Crippen LogP contribution in [0.15, 0.2) is 54.6 Å². The average Bonchev–Trinajstić information content (AvgIpc) is 2.53. The van der Waals surface area contributed by atoms with Crippen molar-refractivity contribution in [2.75, 3.05) is 0 Å². The number of Topliss-reactive ketones (excluding diaryl/α,β-unsaturated/α-hetero) is 1. The first-order chi connectivity index (χ1) is 10.2. The second-order valence-electron chi connectivity index (χ2n) is 5.21. The highest BCUT2D eigenvalue weighted by Crippen LogP contribution is 2.25. The van der Waals surface area contributed by atoms with Gasteiger partial charge < -0.3 is 0 Å². The molecule has 0 radical (unpaired) electrons. The normalized spacial score (nSPS) is 10.8. The molecular formula is C19H17NO. The molecule has 3 rings (SSSR count). The SMILES string of the molecule is CCC(=O)c1cc(-c2ccc(C)cc2)nc2ccccc12. The third-order valence-electron chi connectivity index (χ3n) is 3.69. The molecule has 3 aromatic rings. The van der Waals surface area contributed by atoms with E-state index in [2.05, 4.69) is 19.1 Å². The molecule has 2 nitrogen and oxygen atoms in total. The standard InChI is InChI=1S/C19H17NO/c1-3-19(21)16-12-18(14-10-8-13(2)9-11-14)20-17-7-5-4-6-15(16)17/h4-12H,3H2,1-2H3. The van der Waals surface area contributed by atoms with Gasteiger partial charge in [0.25, 0.3) is 0 Å². The first kappa shape index (κ1) is 13.5. The summed E-state index contributed by atoms with van der Waals surface area (Å²) in [6, 6.07) is 18.0. The Bertz CT molecular complexity index is 803. The molecule has 0 amide bonds. The van der Waals surface area contributed by atoms with Gasteiger partial charge in [-0.05, 0) is 19.1 Å². The summed E-state index contributed by atoms with van der Waals surface area (Å²) < 4.78 is 0. The van der Waals surface area contributed by atoms with Crippen LogP contribution in [0.25, 0.3) is 22.2 Å². The fourth-order valence-electron chi connectivity index (χ4n) is 2.47. The van der Waals surface area contributed by atoms with E-state index in [-0.39, 0.29) is 5.78 Å². The third kappa shape index (κ3) is 2.57. The van der Waals surface area contributed by atoms with E-state index in [0.717, 1.165) is 27.7 Å². The second kappa shape index (κ2) is 5.49. The van der Waals surface area contributed by atoms with Crippen LogP contribution < -0.4 is 0 Å². The molecule has 0 aliphatic carbocycles. The topological polar surface area (TPSA) is 30.0 Å². The predicted octanol–water partition coefficient (Wildman–Crippen LogP) is 4.80. The van der Waals surface area contributed by atoms with Crippen molar-refractivity contribution in [1.82, 2.24) is 4.98 Å². The van der Waals surface area contributed by atoms with Crippen LogP contribution >= 0.6 is 0 Å². The Hall–Kier alpha value is -2.48. The van der Waals surface area contributed by atoms with E-state index in [9.17, 15) is 4.79 Å². The zero-order chi connectivity index (χ0) is 14.8. The van der Waals surface area contributed by atoms with Crippen LogP contribution in [0.4, 0.5) is 0 Å². The number of hydrogen-bond acceptors (Lipinski definition) is 2. The zero-order valence-electron chi connectivity index (χ0n) is 12.3. The fraction of sp³-hybridized carbons (Fsp3) is 0.158. The van der Waals surface area contributed by atoms with Crippen molar-refractivity contribution in [1.29, 1.82) is 0 Å². The number of fused-ring (bicyclic) bond motifs is 1. The lowest BCUT2D eigenvalue weighted by molar-refractivity contribution is 0.0989. The number of nitrogens with zero attached hydrogens (tertiary/aromatic N) is 1. The number of rotatable bonds is 3. The summed E-state index contributed by atoms with van der Waals surface area (Å²) in [4.78, 5) is 16.9. The van der Waals surface area contributed by atoms with Gasteiger partial charge in [-0.2, -0.15) is 0 Å². The summed E-state index contributed by atoms with van der Waals surface area (Å²) in [5.41, 5.74) is 4.73. The molecule has 1 heterocycles. The first-order valence-electron chi connectivity index (χ1n) is 7.19. The van der Waals surface area contributed by atoms with Crippen LogP contribution in [-0.2, 0) is 0 Å². The molecule has 2 heteroatoms. The summed E-state index contributed by atoms with van der Waals surface area (Å²) >= 11 is 0. The number of pyridine rings is 1. The third-order valence-corrected chi connectivity index (χ3v) is 3.69. The van der Waals surface area contributed by atoms with Gasteiger partial charge in [0.1, 0.15) is 0 Å². The van der Waals surface area contributed by atoms with Crippen molar-refractivity contribution in [3.05, 3.63) is 65.7 Å². The number of hydrogen-bond donors (Lipinski definition) is 0. The number of aromatic nitrogens is 1. The number of benzene rings is 2. The van der Waals surface area contributed by atoms with E-state index >= 15 is 0 Å². The van der Waals surface area contributed by atoms with Crippen LogP contribution in [-0.4, -0.2) is 10.8 Å². The van der Waals surface area contributed by atoms with Gasteiger partial charge in [-0.25, -0.2) is 4.98 Å². The molecule has 0 saturated heterocycles. The van der Waals surface area contributed by atoms with Crippen molar-refractivity contribution in [3.63, 3.8) is 0 Å². The van der Waals surface area contributed by atoms with Crippen molar-refractivity contribution >= 4 is 16.7 Å². The molecule has 0 atom stereocenters. The minimum absolute atomic E-state index is 0.155. The van der Waals surface area contributed by atoms with Gasteiger partial charge in [-0.3, -0.25) is 4.79 Å². The molecule has 0 N–H and O–H groups in total. The monoisotopic (exact) mass is 275 g/mol. The molecule has 0 fully saturated rings. The molecule has 1 aromatic heterocycles. The summed E-state index contributed by atoms with van der Waals surface area (Å²) in [6.45, 7) is 3.95. The molecule has 2 aromatic carbocycles. The Kier molecular flexibility index (Phi) is 3.53. The number of carbonyl (C=O) groups excluding carboxylic acids is 1. The van der Waals surface area contributed by atoms with Crippen LogP contribution in [0.1, 0.15) is 29.3 Å². The minimum Gasteiger partial charge on any atom is -0.294 e. The lowest BCUT2D eigenvalue weighted by Gasteiger charge is -2.09. The molecule has 104 valence electrons. The quantitative estimate of drug-likeness (QED) is 0.642. The van der Waals surface area contributed by atoms with Crippen LogP contribution in [0.2, 0.25) is 0 Å². The fourth-order valence-corrected chi connectivity index (χ4v) is 2.47. The van der Waals surface area contributed by atoms with Gasteiger partial charge in [0, 0.05) is 22.9 Å². The number of carbonyl (C=O) groups is 1. The molecule has 0 unspecified atom stereocenters.